The van der Waals surface area contributed by atoms with Crippen LogP contribution < -0.4 is 10.1 Å². The highest BCUT2D eigenvalue weighted by atomic mass is 19.1. The second kappa shape index (κ2) is 7.86. The summed E-state index contributed by atoms with van der Waals surface area (Å²) in [6.07, 6.45) is 6.79. The molecule has 1 heterocycles. The molecule has 0 aliphatic heterocycles. The molecule has 1 amide bonds. The molecule has 2 aromatic rings. The second-order valence-corrected chi connectivity index (χ2v) is 5.96. The van der Waals surface area contributed by atoms with E-state index in [9.17, 15) is 9.18 Å². The number of benzene rings is 1. The quantitative estimate of drug-likeness (QED) is 0.916. The van der Waals surface area contributed by atoms with E-state index in [4.69, 9.17) is 4.74 Å². The third-order valence-corrected chi connectivity index (χ3v) is 4.16. The first-order valence-corrected chi connectivity index (χ1v) is 8.17. The van der Waals surface area contributed by atoms with E-state index in [-0.39, 0.29) is 30.3 Å². The highest BCUT2D eigenvalue weighted by molar-refractivity contribution is 5.78. The molecule has 1 fully saturated rings. The maximum absolute atomic E-state index is 13.6. The van der Waals surface area contributed by atoms with Crippen LogP contribution in [0.2, 0.25) is 0 Å². The number of carbonyl (C=O) groups is 1. The number of carbonyl (C=O) groups excluding carboxylic acids is 1. The Kier molecular flexibility index (Phi) is 5.36. The topological polar surface area (TPSA) is 64.1 Å². The van der Waals surface area contributed by atoms with Gasteiger partial charge in [0.1, 0.15) is 11.9 Å². The summed E-state index contributed by atoms with van der Waals surface area (Å²) in [5, 5.41) is 2.99. The molecular weight excluding hydrogens is 309 g/mol. The first-order valence-electron chi connectivity index (χ1n) is 8.17. The Morgan fingerprint density at radius 3 is 2.54 bits per heavy atom. The minimum Gasteiger partial charge on any atom is -0.460 e. The Labute approximate surface area is 140 Å². The average Bonchev–Trinajstić information content (AvgIpc) is 2.60. The summed E-state index contributed by atoms with van der Waals surface area (Å²) >= 11 is 0. The zero-order valence-electron chi connectivity index (χ0n) is 13.3. The Morgan fingerprint density at radius 2 is 1.83 bits per heavy atom. The molecule has 0 atom stereocenters. The number of hydrogen-bond donors (Lipinski definition) is 1. The molecule has 126 valence electrons. The van der Waals surface area contributed by atoms with Gasteiger partial charge < -0.3 is 10.1 Å². The number of ether oxygens (including phenoxy) is 1. The summed E-state index contributed by atoms with van der Waals surface area (Å²) < 4.78 is 19.3. The van der Waals surface area contributed by atoms with Crippen LogP contribution >= 0.6 is 0 Å². The van der Waals surface area contributed by atoms with Gasteiger partial charge >= 0.3 is 6.01 Å². The molecule has 1 aromatic carbocycles. The van der Waals surface area contributed by atoms with Crippen molar-refractivity contribution in [3.63, 3.8) is 0 Å². The fraction of sp³-hybridized carbons (Fsp3) is 0.389. The van der Waals surface area contributed by atoms with Crippen molar-refractivity contribution in [1.29, 1.82) is 0 Å². The second-order valence-electron chi connectivity index (χ2n) is 5.96. The molecule has 1 N–H and O–H groups in total. The van der Waals surface area contributed by atoms with Crippen molar-refractivity contribution in [3.05, 3.63) is 54.1 Å². The van der Waals surface area contributed by atoms with Crippen LogP contribution in [0.3, 0.4) is 0 Å². The molecule has 24 heavy (non-hydrogen) atoms. The van der Waals surface area contributed by atoms with E-state index in [1.54, 1.807) is 36.7 Å². The SMILES string of the molecule is O=C(Cc1ccccc1F)NC1CCC(Oc2ncccn2)CC1. The van der Waals surface area contributed by atoms with Crippen LogP contribution in [-0.2, 0) is 11.2 Å². The van der Waals surface area contributed by atoms with E-state index < -0.39 is 0 Å². The number of aromatic nitrogens is 2. The number of amides is 1. The molecule has 0 bridgehead atoms. The van der Waals surface area contributed by atoms with Gasteiger partial charge in [0.2, 0.25) is 5.91 Å². The van der Waals surface area contributed by atoms with Gasteiger partial charge in [-0.3, -0.25) is 4.79 Å². The van der Waals surface area contributed by atoms with E-state index in [2.05, 4.69) is 15.3 Å². The molecule has 0 unspecified atom stereocenters. The molecule has 3 rings (SSSR count). The fourth-order valence-electron chi connectivity index (χ4n) is 2.91. The largest absolute Gasteiger partial charge is 0.460 e. The summed E-state index contributed by atoms with van der Waals surface area (Å²) in [4.78, 5) is 20.2. The summed E-state index contributed by atoms with van der Waals surface area (Å²) in [7, 11) is 0. The lowest BCUT2D eigenvalue weighted by atomic mass is 9.93. The number of rotatable bonds is 5. The van der Waals surface area contributed by atoms with E-state index in [0.717, 1.165) is 25.7 Å². The first-order chi connectivity index (χ1) is 11.7. The highest BCUT2D eigenvalue weighted by Gasteiger charge is 2.24. The lowest BCUT2D eigenvalue weighted by Crippen LogP contribution is -2.40. The van der Waals surface area contributed by atoms with E-state index in [1.807, 2.05) is 0 Å². The molecule has 0 radical (unpaired) electrons. The molecule has 1 aliphatic carbocycles. The van der Waals surface area contributed by atoms with E-state index in [0.29, 0.717) is 11.6 Å². The molecule has 0 spiro atoms. The van der Waals surface area contributed by atoms with Gasteiger partial charge in [-0.25, -0.2) is 14.4 Å². The number of halogens is 1. The highest BCUT2D eigenvalue weighted by Crippen LogP contribution is 2.22. The minimum atomic E-state index is -0.340. The molecule has 5 nitrogen and oxygen atoms in total. The van der Waals surface area contributed by atoms with Crippen LogP contribution in [0.25, 0.3) is 0 Å². The smallest absolute Gasteiger partial charge is 0.316 e. The van der Waals surface area contributed by atoms with Gasteiger partial charge in [-0.05, 0) is 43.4 Å². The van der Waals surface area contributed by atoms with Gasteiger partial charge in [0.15, 0.2) is 0 Å². The van der Waals surface area contributed by atoms with Gasteiger partial charge in [0, 0.05) is 18.4 Å². The third-order valence-electron chi connectivity index (χ3n) is 4.16. The van der Waals surface area contributed by atoms with Gasteiger partial charge in [-0.15, -0.1) is 0 Å². The van der Waals surface area contributed by atoms with E-state index in [1.165, 1.54) is 6.07 Å². The van der Waals surface area contributed by atoms with Gasteiger partial charge in [0.25, 0.3) is 0 Å². The normalized spacial score (nSPS) is 20.4. The van der Waals surface area contributed by atoms with Gasteiger partial charge in [-0.1, -0.05) is 18.2 Å². The molecule has 1 saturated carbocycles. The monoisotopic (exact) mass is 329 g/mol. The van der Waals surface area contributed by atoms with Crippen LogP contribution in [0.4, 0.5) is 4.39 Å². The van der Waals surface area contributed by atoms with Crippen molar-refractivity contribution >= 4 is 5.91 Å². The van der Waals surface area contributed by atoms with Crippen molar-refractivity contribution in [2.75, 3.05) is 0 Å². The van der Waals surface area contributed by atoms with Gasteiger partial charge in [0.05, 0.1) is 6.42 Å². The molecular formula is C18H20FN3O2. The zero-order valence-corrected chi connectivity index (χ0v) is 13.3. The van der Waals surface area contributed by atoms with Crippen LogP contribution in [0.15, 0.2) is 42.7 Å². The molecule has 1 aliphatic rings. The Hall–Kier alpha value is -2.50. The standard InChI is InChI=1S/C18H20FN3O2/c19-16-5-2-1-4-13(16)12-17(23)22-14-6-8-15(9-7-14)24-18-20-10-3-11-21-18/h1-5,10-11,14-15H,6-9,12H2,(H,22,23). The predicted octanol–water partition coefficient (Wildman–Crippen LogP) is 2.66. The average molecular weight is 329 g/mol. The van der Waals surface area contributed by atoms with Crippen LogP contribution in [0.5, 0.6) is 6.01 Å². The molecule has 6 heteroatoms. The lowest BCUT2D eigenvalue weighted by molar-refractivity contribution is -0.121. The van der Waals surface area contributed by atoms with E-state index >= 15 is 0 Å². The summed E-state index contributed by atoms with van der Waals surface area (Å²) in [5.74, 6) is -0.483. The van der Waals surface area contributed by atoms with Crippen LogP contribution in [0, 0.1) is 5.82 Å². The van der Waals surface area contributed by atoms with Crippen molar-refractivity contribution in [2.24, 2.45) is 0 Å². The summed E-state index contributed by atoms with van der Waals surface area (Å²) in [5.41, 5.74) is 0.424. The Bertz CT molecular complexity index is 673. The van der Waals surface area contributed by atoms with Crippen molar-refractivity contribution in [3.8, 4) is 6.01 Å². The van der Waals surface area contributed by atoms with Crippen LogP contribution in [-0.4, -0.2) is 28.0 Å². The fourth-order valence-corrected chi connectivity index (χ4v) is 2.91. The summed E-state index contributed by atoms with van der Waals surface area (Å²) in [6, 6.07) is 8.62. The maximum atomic E-state index is 13.6. The lowest BCUT2D eigenvalue weighted by Gasteiger charge is -2.28. The maximum Gasteiger partial charge on any atom is 0.316 e. The Balaban J connectivity index is 1.43. The minimum absolute atomic E-state index is 0.0704. The van der Waals surface area contributed by atoms with Crippen molar-refractivity contribution in [2.45, 2.75) is 44.2 Å². The number of nitrogens with zero attached hydrogens (tertiary/aromatic N) is 2. The van der Waals surface area contributed by atoms with Crippen LogP contribution in [0.1, 0.15) is 31.2 Å². The number of hydrogen-bond acceptors (Lipinski definition) is 4. The predicted molar refractivity (Wildman–Crippen MR) is 87.0 cm³/mol. The van der Waals surface area contributed by atoms with Crippen molar-refractivity contribution in [1.82, 2.24) is 15.3 Å². The Morgan fingerprint density at radius 1 is 1.12 bits per heavy atom. The summed E-state index contributed by atoms with van der Waals surface area (Å²) in [6.45, 7) is 0. The van der Waals surface area contributed by atoms with Crippen molar-refractivity contribution < 1.29 is 13.9 Å². The molecule has 1 aromatic heterocycles. The number of nitrogens with one attached hydrogen (secondary N) is 1. The van der Waals surface area contributed by atoms with Gasteiger partial charge in [-0.2, -0.15) is 0 Å². The zero-order chi connectivity index (χ0) is 16.8. The third kappa shape index (κ3) is 4.50. The first kappa shape index (κ1) is 16.4. The molecule has 0 saturated heterocycles.